The number of methoxy groups -OCH3 is 1. The van der Waals surface area contributed by atoms with E-state index in [0.717, 1.165) is 44.5 Å². The summed E-state index contributed by atoms with van der Waals surface area (Å²) in [6.45, 7) is 10.0. The Kier molecular flexibility index (Phi) is 9.05. The smallest absolute Gasteiger partial charge is 0.339 e. The topological polar surface area (TPSA) is 76.2 Å². The van der Waals surface area contributed by atoms with Gasteiger partial charge in [0.2, 0.25) is 5.91 Å². The average Bonchev–Trinajstić information content (AvgIpc) is 2.82. The fourth-order valence-electron chi connectivity index (χ4n) is 4.19. The van der Waals surface area contributed by atoms with Gasteiger partial charge < -0.3 is 18.7 Å². The molecule has 1 aliphatic rings. The standard InChI is InChI=1S/C27H38N2O5S/c1-6-20(4)29(27(30)21-10-9-11-21)19-22-12-13-23(28(7-2)8-3)18-26(22)34-35(31,32)25-16-14-24(33-5)15-17-25/h12-18,20-21H,6-11,19H2,1-5H3/t20-/m1/s1. The molecule has 0 spiro atoms. The second kappa shape index (κ2) is 11.8. The van der Waals surface area contributed by atoms with Crippen molar-refractivity contribution >= 4 is 21.7 Å². The number of benzene rings is 2. The van der Waals surface area contributed by atoms with Crippen molar-refractivity contribution in [3.05, 3.63) is 48.0 Å². The van der Waals surface area contributed by atoms with Gasteiger partial charge in [0.1, 0.15) is 16.4 Å². The molecule has 192 valence electrons. The first-order valence-electron chi connectivity index (χ1n) is 12.5. The van der Waals surface area contributed by atoms with Crippen LogP contribution in [0, 0.1) is 5.92 Å². The highest BCUT2D eigenvalue weighted by molar-refractivity contribution is 7.87. The Hall–Kier alpha value is -2.74. The van der Waals surface area contributed by atoms with Gasteiger partial charge in [0.25, 0.3) is 0 Å². The summed E-state index contributed by atoms with van der Waals surface area (Å²) in [7, 11) is -2.56. The Balaban J connectivity index is 1.99. The highest BCUT2D eigenvalue weighted by Crippen LogP contribution is 2.33. The van der Waals surface area contributed by atoms with Crippen molar-refractivity contribution in [3.63, 3.8) is 0 Å². The van der Waals surface area contributed by atoms with Gasteiger partial charge in [0.05, 0.1) is 7.11 Å². The zero-order valence-corrected chi connectivity index (χ0v) is 22.3. The van der Waals surface area contributed by atoms with E-state index in [1.54, 1.807) is 18.2 Å². The summed E-state index contributed by atoms with van der Waals surface area (Å²) < 4.78 is 37.3. The molecule has 0 heterocycles. The Morgan fingerprint density at radius 2 is 1.71 bits per heavy atom. The number of nitrogens with zero attached hydrogens (tertiary/aromatic N) is 2. The summed E-state index contributed by atoms with van der Waals surface area (Å²) in [5.41, 5.74) is 1.55. The largest absolute Gasteiger partial charge is 0.497 e. The van der Waals surface area contributed by atoms with Gasteiger partial charge in [-0.2, -0.15) is 8.42 Å². The number of carbonyl (C=O) groups excluding carboxylic acids is 1. The van der Waals surface area contributed by atoms with Crippen molar-refractivity contribution in [1.29, 1.82) is 0 Å². The van der Waals surface area contributed by atoms with Gasteiger partial charge in [-0.05, 0) is 70.4 Å². The minimum absolute atomic E-state index is 0.0385. The average molecular weight is 503 g/mol. The quantitative estimate of drug-likeness (QED) is 0.370. The summed E-state index contributed by atoms with van der Waals surface area (Å²) in [5.74, 6) is 1.01. The number of hydrogen-bond donors (Lipinski definition) is 0. The Morgan fingerprint density at radius 1 is 1.06 bits per heavy atom. The van der Waals surface area contributed by atoms with Gasteiger partial charge in [-0.15, -0.1) is 0 Å². The number of ether oxygens (including phenoxy) is 1. The number of amides is 1. The van der Waals surface area contributed by atoms with Crippen LogP contribution >= 0.6 is 0 Å². The van der Waals surface area contributed by atoms with Crippen LogP contribution in [0.15, 0.2) is 47.4 Å². The minimum atomic E-state index is -4.09. The Bertz CT molecular complexity index is 1090. The van der Waals surface area contributed by atoms with Crippen LogP contribution in [0.4, 0.5) is 5.69 Å². The normalized spacial score (nSPS) is 14.7. The summed E-state index contributed by atoms with van der Waals surface area (Å²) >= 11 is 0. The van der Waals surface area contributed by atoms with Gasteiger partial charge in [-0.3, -0.25) is 4.79 Å². The highest BCUT2D eigenvalue weighted by atomic mass is 32.2. The van der Waals surface area contributed by atoms with Crippen LogP contribution in [0.25, 0.3) is 0 Å². The number of carbonyl (C=O) groups is 1. The third-order valence-corrected chi connectivity index (χ3v) is 8.18. The molecule has 35 heavy (non-hydrogen) atoms. The van der Waals surface area contributed by atoms with Crippen LogP contribution in [0.3, 0.4) is 0 Å². The molecule has 0 bridgehead atoms. The van der Waals surface area contributed by atoms with E-state index in [9.17, 15) is 13.2 Å². The molecular weight excluding hydrogens is 464 g/mol. The van der Waals surface area contributed by atoms with Crippen LogP contribution in [-0.4, -0.2) is 45.5 Å². The van der Waals surface area contributed by atoms with E-state index in [2.05, 4.69) is 11.8 Å². The molecular formula is C27H38N2O5S. The van der Waals surface area contributed by atoms with Crippen molar-refractivity contribution in [2.45, 2.75) is 70.9 Å². The van der Waals surface area contributed by atoms with Gasteiger partial charge in [0, 0.05) is 48.9 Å². The van der Waals surface area contributed by atoms with Crippen molar-refractivity contribution in [2.75, 3.05) is 25.1 Å². The minimum Gasteiger partial charge on any atom is -0.497 e. The molecule has 0 unspecified atom stereocenters. The molecule has 0 N–H and O–H groups in total. The molecule has 0 saturated heterocycles. The number of anilines is 1. The maximum Gasteiger partial charge on any atom is 0.339 e. The van der Waals surface area contributed by atoms with E-state index in [1.165, 1.54) is 19.2 Å². The zero-order valence-electron chi connectivity index (χ0n) is 21.5. The van der Waals surface area contributed by atoms with Crippen molar-refractivity contribution < 1.29 is 22.1 Å². The lowest BCUT2D eigenvalue weighted by Gasteiger charge is -2.35. The van der Waals surface area contributed by atoms with Crippen molar-refractivity contribution in [3.8, 4) is 11.5 Å². The molecule has 1 amide bonds. The molecule has 0 aliphatic heterocycles. The van der Waals surface area contributed by atoms with Gasteiger partial charge in [-0.25, -0.2) is 0 Å². The summed E-state index contributed by atoms with van der Waals surface area (Å²) in [4.78, 5) is 17.3. The summed E-state index contributed by atoms with van der Waals surface area (Å²) in [6, 6.07) is 11.8. The number of hydrogen-bond acceptors (Lipinski definition) is 6. The predicted molar refractivity (Wildman–Crippen MR) is 138 cm³/mol. The van der Waals surface area contributed by atoms with E-state index in [-0.39, 0.29) is 28.5 Å². The molecule has 2 aromatic rings. The van der Waals surface area contributed by atoms with Crippen molar-refractivity contribution in [2.24, 2.45) is 5.92 Å². The molecule has 8 heteroatoms. The van der Waals surface area contributed by atoms with E-state index in [4.69, 9.17) is 8.92 Å². The molecule has 1 atom stereocenters. The van der Waals surface area contributed by atoms with Crippen LogP contribution in [-0.2, 0) is 21.5 Å². The first kappa shape index (κ1) is 26.9. The van der Waals surface area contributed by atoms with Crippen molar-refractivity contribution in [1.82, 2.24) is 4.90 Å². The predicted octanol–water partition coefficient (Wildman–Crippen LogP) is 5.24. The van der Waals surface area contributed by atoms with Crippen LogP contribution < -0.4 is 13.8 Å². The van der Waals surface area contributed by atoms with Crippen LogP contribution in [0.5, 0.6) is 11.5 Å². The molecule has 3 rings (SSSR count). The first-order chi connectivity index (χ1) is 16.7. The van der Waals surface area contributed by atoms with Crippen LogP contribution in [0.2, 0.25) is 0 Å². The zero-order chi connectivity index (χ0) is 25.6. The fourth-order valence-corrected chi connectivity index (χ4v) is 5.15. The highest BCUT2D eigenvalue weighted by Gasteiger charge is 2.32. The molecule has 7 nitrogen and oxygen atoms in total. The Morgan fingerprint density at radius 3 is 2.23 bits per heavy atom. The summed E-state index contributed by atoms with van der Waals surface area (Å²) in [5, 5.41) is 0. The lowest BCUT2D eigenvalue weighted by atomic mass is 9.84. The molecule has 0 radical (unpaired) electrons. The molecule has 1 fully saturated rings. The molecule has 1 saturated carbocycles. The maximum absolute atomic E-state index is 13.2. The van der Waals surface area contributed by atoms with E-state index < -0.39 is 10.1 Å². The van der Waals surface area contributed by atoms with E-state index >= 15 is 0 Å². The molecule has 1 aliphatic carbocycles. The third kappa shape index (κ3) is 6.28. The van der Waals surface area contributed by atoms with E-state index in [0.29, 0.717) is 17.9 Å². The number of rotatable bonds is 12. The Labute approximate surface area is 210 Å². The van der Waals surface area contributed by atoms with Gasteiger partial charge in [-0.1, -0.05) is 19.4 Å². The summed E-state index contributed by atoms with van der Waals surface area (Å²) in [6.07, 6.45) is 3.73. The van der Waals surface area contributed by atoms with Gasteiger partial charge in [0.15, 0.2) is 0 Å². The third-order valence-electron chi connectivity index (χ3n) is 6.93. The molecule has 0 aromatic heterocycles. The maximum atomic E-state index is 13.2. The SMILES string of the molecule is CC[C@@H](C)N(Cc1ccc(N(CC)CC)cc1OS(=O)(=O)c1ccc(OC)cc1)C(=O)C1CCC1. The second-order valence-corrected chi connectivity index (χ2v) is 10.6. The lowest BCUT2D eigenvalue weighted by molar-refractivity contribution is -0.141. The first-order valence-corrected chi connectivity index (χ1v) is 13.9. The fraction of sp³-hybridized carbons (Fsp3) is 0.519. The van der Waals surface area contributed by atoms with Gasteiger partial charge >= 0.3 is 10.1 Å². The monoisotopic (exact) mass is 502 g/mol. The van der Waals surface area contributed by atoms with Crippen LogP contribution in [0.1, 0.15) is 58.9 Å². The lowest BCUT2D eigenvalue weighted by Crippen LogP contribution is -2.43. The molecule has 2 aromatic carbocycles. The van der Waals surface area contributed by atoms with E-state index in [1.807, 2.05) is 37.8 Å². The second-order valence-electron chi connectivity index (χ2n) is 9.03.